The Morgan fingerprint density at radius 3 is 2.46 bits per heavy atom. The molecule has 0 aliphatic rings. The Morgan fingerprint density at radius 2 is 1.82 bits per heavy atom. The average Bonchev–Trinajstić information content (AvgIpc) is 3.68. The molecule has 0 bridgehead atoms. The number of hydrogen-bond donors (Lipinski definition) is 1. The lowest BCUT2D eigenvalue weighted by atomic mass is 10.0. The van der Waals surface area contributed by atoms with E-state index in [9.17, 15) is 18.0 Å². The van der Waals surface area contributed by atoms with Crippen LogP contribution in [0.1, 0.15) is 43.6 Å². The molecule has 0 unspecified atom stereocenters. The van der Waals surface area contributed by atoms with Crippen LogP contribution in [-0.2, 0) is 25.7 Å². The maximum Gasteiger partial charge on any atom is 0.419 e. The molecule has 0 amide bonds. The summed E-state index contributed by atoms with van der Waals surface area (Å²) in [5, 5.41) is 14.1. The molecule has 1 aromatic carbocycles. The first-order valence-electron chi connectivity index (χ1n) is 12.7. The summed E-state index contributed by atoms with van der Waals surface area (Å²) in [6, 6.07) is 12.3. The molecule has 0 atom stereocenters. The highest BCUT2D eigenvalue weighted by atomic mass is 19.4. The molecular formula is C27H27F3N8O. The van der Waals surface area contributed by atoms with Gasteiger partial charge in [0.05, 0.1) is 17.8 Å². The molecule has 5 rings (SSSR count). The van der Waals surface area contributed by atoms with Crippen molar-refractivity contribution in [2.75, 3.05) is 0 Å². The van der Waals surface area contributed by atoms with Crippen LogP contribution in [0.5, 0.6) is 0 Å². The lowest BCUT2D eigenvalue weighted by Crippen LogP contribution is -2.27. The lowest BCUT2D eigenvalue weighted by molar-refractivity contribution is -0.137. The molecule has 0 fully saturated rings. The van der Waals surface area contributed by atoms with Gasteiger partial charge in [0.25, 0.3) is 0 Å². The van der Waals surface area contributed by atoms with E-state index in [0.29, 0.717) is 30.2 Å². The van der Waals surface area contributed by atoms with Gasteiger partial charge >= 0.3 is 11.9 Å². The summed E-state index contributed by atoms with van der Waals surface area (Å²) >= 11 is 0. The molecular weight excluding hydrogens is 509 g/mol. The highest BCUT2D eigenvalue weighted by Gasteiger charge is 2.36. The minimum atomic E-state index is -4.59. The Kier molecular flexibility index (Phi) is 7.18. The molecule has 0 saturated heterocycles. The summed E-state index contributed by atoms with van der Waals surface area (Å²) in [5.74, 6) is 0.353. The van der Waals surface area contributed by atoms with Crippen LogP contribution in [0.25, 0.3) is 28.3 Å². The number of imidazole rings is 1. The number of hydrogen-bond acceptors (Lipinski definition) is 5. The van der Waals surface area contributed by atoms with Crippen LogP contribution in [0.2, 0.25) is 0 Å². The molecule has 4 aromatic heterocycles. The van der Waals surface area contributed by atoms with Crippen molar-refractivity contribution in [1.82, 2.24) is 39.3 Å². The first kappa shape index (κ1) is 26.1. The summed E-state index contributed by atoms with van der Waals surface area (Å²) in [6.07, 6.45) is 2.25. The van der Waals surface area contributed by atoms with E-state index >= 15 is 0 Å². The zero-order valence-corrected chi connectivity index (χ0v) is 21.5. The van der Waals surface area contributed by atoms with Gasteiger partial charge in [0.2, 0.25) is 0 Å². The molecule has 1 N–H and O–H groups in total. The Labute approximate surface area is 221 Å². The van der Waals surface area contributed by atoms with Gasteiger partial charge in [0.15, 0.2) is 5.82 Å². The normalized spacial score (nSPS) is 11.8. The summed E-state index contributed by atoms with van der Waals surface area (Å²) in [6.45, 7) is 4.19. The predicted molar refractivity (Wildman–Crippen MR) is 139 cm³/mol. The van der Waals surface area contributed by atoms with Crippen LogP contribution in [0.4, 0.5) is 13.2 Å². The van der Waals surface area contributed by atoms with E-state index in [4.69, 9.17) is 0 Å². The molecule has 0 aliphatic heterocycles. The number of alkyl halides is 3. The van der Waals surface area contributed by atoms with Crippen LogP contribution >= 0.6 is 0 Å². The van der Waals surface area contributed by atoms with E-state index in [2.05, 4.69) is 25.6 Å². The fourth-order valence-electron chi connectivity index (χ4n) is 4.67. The first-order valence-corrected chi connectivity index (χ1v) is 12.7. The van der Waals surface area contributed by atoms with Gasteiger partial charge in [-0.05, 0) is 47.9 Å². The van der Waals surface area contributed by atoms with E-state index in [1.807, 2.05) is 43.3 Å². The second kappa shape index (κ2) is 10.7. The minimum Gasteiger partial charge on any atom is -0.334 e. The average molecular weight is 537 g/mol. The van der Waals surface area contributed by atoms with Gasteiger partial charge in [0, 0.05) is 42.0 Å². The number of rotatable bonds is 9. The molecule has 39 heavy (non-hydrogen) atoms. The van der Waals surface area contributed by atoms with Gasteiger partial charge in [-0.1, -0.05) is 43.7 Å². The molecule has 12 heteroatoms. The highest BCUT2D eigenvalue weighted by molar-refractivity contribution is 5.79. The minimum absolute atomic E-state index is 0.132. The fourth-order valence-corrected chi connectivity index (χ4v) is 4.67. The SMILES string of the molecule is CCCCc1cn(-c2c(C(F)(F)F)ccn2CC)c(=O)n1Cc1ccc(-c2ccccc2-c2nnn[nH]2)cn1. The topological polar surface area (TPSA) is 99.2 Å². The maximum absolute atomic E-state index is 13.8. The van der Waals surface area contributed by atoms with E-state index in [1.54, 1.807) is 13.1 Å². The zero-order chi connectivity index (χ0) is 27.6. The molecule has 0 spiro atoms. The number of tetrazole rings is 1. The maximum atomic E-state index is 13.8. The third-order valence-electron chi connectivity index (χ3n) is 6.64. The van der Waals surface area contributed by atoms with Crippen LogP contribution in [0, 0.1) is 0 Å². The molecule has 0 saturated carbocycles. The number of halogens is 3. The van der Waals surface area contributed by atoms with Crippen molar-refractivity contribution in [3.8, 4) is 28.3 Å². The number of benzene rings is 1. The standard InChI is InChI=1S/C27H27F3N8O/c1-3-5-8-20-17-38(25-23(27(28,29)30)13-14-36(25)4-2)26(39)37(20)16-19-12-11-18(15-31-19)21-9-6-7-10-22(21)24-32-34-35-33-24/h6-7,9-15,17H,3-5,8,16H2,1-2H3,(H,32,33,34,35). The Bertz CT molecular complexity index is 1610. The number of pyridine rings is 1. The van der Waals surface area contributed by atoms with Crippen molar-refractivity contribution in [3.05, 3.63) is 88.5 Å². The quantitative estimate of drug-likeness (QED) is 0.282. The van der Waals surface area contributed by atoms with Crippen LogP contribution < -0.4 is 5.69 Å². The smallest absolute Gasteiger partial charge is 0.334 e. The Balaban J connectivity index is 1.52. The molecule has 0 aliphatic carbocycles. The van der Waals surface area contributed by atoms with Crippen molar-refractivity contribution in [2.24, 2.45) is 0 Å². The number of aromatic nitrogens is 8. The summed E-state index contributed by atoms with van der Waals surface area (Å²) in [7, 11) is 0. The van der Waals surface area contributed by atoms with E-state index in [1.165, 1.54) is 21.5 Å². The van der Waals surface area contributed by atoms with Crippen molar-refractivity contribution >= 4 is 0 Å². The Morgan fingerprint density at radius 1 is 1.03 bits per heavy atom. The van der Waals surface area contributed by atoms with Crippen LogP contribution in [0.15, 0.2) is 65.8 Å². The zero-order valence-electron chi connectivity index (χ0n) is 21.5. The third-order valence-corrected chi connectivity index (χ3v) is 6.64. The molecule has 5 aromatic rings. The van der Waals surface area contributed by atoms with Gasteiger partial charge in [-0.25, -0.2) is 9.89 Å². The lowest BCUT2D eigenvalue weighted by Gasteiger charge is -2.12. The fraction of sp³-hybridized carbons (Fsp3) is 0.296. The van der Waals surface area contributed by atoms with Crippen molar-refractivity contribution in [3.63, 3.8) is 0 Å². The molecule has 9 nitrogen and oxygen atoms in total. The van der Waals surface area contributed by atoms with Crippen LogP contribution in [-0.4, -0.2) is 39.3 Å². The Hall–Kier alpha value is -4.48. The predicted octanol–water partition coefficient (Wildman–Crippen LogP) is 5.11. The molecule has 4 heterocycles. The number of H-pyrrole nitrogens is 1. The summed E-state index contributed by atoms with van der Waals surface area (Å²) < 4.78 is 45.5. The highest BCUT2D eigenvalue weighted by Crippen LogP contribution is 2.34. The monoisotopic (exact) mass is 536 g/mol. The van der Waals surface area contributed by atoms with Crippen LogP contribution in [0.3, 0.4) is 0 Å². The number of aryl methyl sites for hydroxylation is 2. The van der Waals surface area contributed by atoms with Gasteiger partial charge < -0.3 is 4.57 Å². The van der Waals surface area contributed by atoms with E-state index in [-0.39, 0.29) is 12.4 Å². The first-order chi connectivity index (χ1) is 18.8. The van der Waals surface area contributed by atoms with Crippen molar-refractivity contribution < 1.29 is 13.2 Å². The largest absolute Gasteiger partial charge is 0.419 e. The van der Waals surface area contributed by atoms with Gasteiger partial charge in [-0.3, -0.25) is 14.1 Å². The van der Waals surface area contributed by atoms with E-state index < -0.39 is 17.4 Å². The second-order valence-electron chi connectivity index (χ2n) is 9.13. The van der Waals surface area contributed by atoms with Crippen molar-refractivity contribution in [1.29, 1.82) is 0 Å². The van der Waals surface area contributed by atoms with Gasteiger partial charge in [-0.15, -0.1) is 5.10 Å². The number of nitrogens with zero attached hydrogens (tertiary/aromatic N) is 7. The number of nitrogens with one attached hydrogen (secondary N) is 1. The third kappa shape index (κ3) is 5.14. The van der Waals surface area contributed by atoms with E-state index in [0.717, 1.165) is 40.2 Å². The van der Waals surface area contributed by atoms with Crippen molar-refractivity contribution in [2.45, 2.75) is 52.4 Å². The van der Waals surface area contributed by atoms with Gasteiger partial charge in [0.1, 0.15) is 5.82 Å². The summed E-state index contributed by atoms with van der Waals surface area (Å²) in [5.41, 5.74) is 2.42. The second-order valence-corrected chi connectivity index (χ2v) is 9.13. The number of aromatic amines is 1. The van der Waals surface area contributed by atoms with Gasteiger partial charge in [-0.2, -0.15) is 13.2 Å². The molecule has 202 valence electrons. The molecule has 0 radical (unpaired) electrons. The number of unbranched alkanes of at least 4 members (excludes halogenated alkanes) is 1. The summed E-state index contributed by atoms with van der Waals surface area (Å²) in [4.78, 5) is 18.1.